The summed E-state index contributed by atoms with van der Waals surface area (Å²) in [5, 5.41) is 10.6. The maximum absolute atomic E-state index is 12.5. The van der Waals surface area contributed by atoms with Crippen molar-refractivity contribution in [3.8, 4) is 0 Å². The summed E-state index contributed by atoms with van der Waals surface area (Å²) in [5.41, 5.74) is -0.138. The molecule has 3 rings (SSSR count). The van der Waals surface area contributed by atoms with Crippen LogP contribution in [0.2, 0.25) is 0 Å². The molecular weight excluding hydrogens is 280 g/mol. The largest absolute Gasteiger partial charge is 0.481 e. The number of carbonyl (C=O) groups excluding carboxylic acids is 2. The SMILES string of the molecule is O=C(O)Cc1csc(N2C(=O)CC3(CCCC3)C2=O)n1. The van der Waals surface area contributed by atoms with Crippen molar-refractivity contribution in [2.24, 2.45) is 5.41 Å². The number of carboxylic acid groups (broad SMARTS) is 1. The van der Waals surface area contributed by atoms with Crippen molar-refractivity contribution in [3.63, 3.8) is 0 Å². The van der Waals surface area contributed by atoms with E-state index >= 15 is 0 Å². The lowest BCUT2D eigenvalue weighted by molar-refractivity contribution is -0.136. The lowest BCUT2D eigenvalue weighted by Gasteiger charge is -2.19. The lowest BCUT2D eigenvalue weighted by atomic mass is 9.85. The molecule has 1 saturated carbocycles. The van der Waals surface area contributed by atoms with Gasteiger partial charge in [0.15, 0.2) is 5.13 Å². The van der Waals surface area contributed by atoms with Crippen LogP contribution in [-0.2, 0) is 20.8 Å². The Hall–Kier alpha value is -1.76. The monoisotopic (exact) mass is 294 g/mol. The van der Waals surface area contributed by atoms with E-state index in [-0.39, 0.29) is 24.7 Å². The van der Waals surface area contributed by atoms with Gasteiger partial charge >= 0.3 is 5.97 Å². The highest BCUT2D eigenvalue weighted by molar-refractivity contribution is 7.14. The minimum atomic E-state index is -0.979. The molecule has 2 fully saturated rings. The van der Waals surface area contributed by atoms with Gasteiger partial charge < -0.3 is 5.11 Å². The zero-order chi connectivity index (χ0) is 14.3. The predicted octanol–water partition coefficient (Wildman–Crippen LogP) is 1.59. The fraction of sp³-hybridized carbons (Fsp3) is 0.538. The zero-order valence-electron chi connectivity index (χ0n) is 10.8. The second-order valence-electron chi connectivity index (χ2n) is 5.39. The minimum absolute atomic E-state index is 0.156. The lowest BCUT2D eigenvalue weighted by Crippen LogP contribution is -2.34. The fourth-order valence-electron chi connectivity index (χ4n) is 3.07. The first-order chi connectivity index (χ1) is 9.52. The molecule has 0 aromatic carbocycles. The van der Waals surface area contributed by atoms with Gasteiger partial charge in [-0.3, -0.25) is 14.4 Å². The summed E-state index contributed by atoms with van der Waals surface area (Å²) in [7, 11) is 0. The highest BCUT2D eigenvalue weighted by Crippen LogP contribution is 2.48. The highest BCUT2D eigenvalue weighted by Gasteiger charge is 2.53. The van der Waals surface area contributed by atoms with Crippen molar-refractivity contribution in [2.75, 3.05) is 4.90 Å². The van der Waals surface area contributed by atoms with Gasteiger partial charge in [0.1, 0.15) is 0 Å². The van der Waals surface area contributed by atoms with Gasteiger partial charge in [-0.05, 0) is 12.8 Å². The van der Waals surface area contributed by atoms with Crippen LogP contribution in [0.1, 0.15) is 37.8 Å². The Labute approximate surface area is 119 Å². The smallest absolute Gasteiger partial charge is 0.309 e. The normalized spacial score (nSPS) is 21.1. The Bertz CT molecular complexity index is 589. The molecule has 1 aliphatic carbocycles. The van der Waals surface area contributed by atoms with E-state index in [1.807, 2.05) is 0 Å². The zero-order valence-corrected chi connectivity index (χ0v) is 11.6. The number of hydrogen-bond donors (Lipinski definition) is 1. The number of nitrogens with zero attached hydrogens (tertiary/aromatic N) is 2. The van der Waals surface area contributed by atoms with Crippen LogP contribution in [0.25, 0.3) is 0 Å². The Morgan fingerprint density at radius 1 is 1.40 bits per heavy atom. The van der Waals surface area contributed by atoms with Gasteiger partial charge in [0.05, 0.1) is 17.5 Å². The number of hydrogen-bond acceptors (Lipinski definition) is 5. The third-order valence-electron chi connectivity index (χ3n) is 4.02. The maximum atomic E-state index is 12.5. The quantitative estimate of drug-likeness (QED) is 0.855. The van der Waals surface area contributed by atoms with Crippen molar-refractivity contribution >= 4 is 34.3 Å². The molecule has 0 atom stereocenters. The summed E-state index contributed by atoms with van der Waals surface area (Å²) in [4.78, 5) is 40.6. The third-order valence-corrected chi connectivity index (χ3v) is 4.89. The van der Waals surface area contributed by atoms with Crippen LogP contribution in [0.4, 0.5) is 5.13 Å². The van der Waals surface area contributed by atoms with Crippen LogP contribution in [0.5, 0.6) is 0 Å². The van der Waals surface area contributed by atoms with Gasteiger partial charge in [0.2, 0.25) is 11.8 Å². The molecule has 0 radical (unpaired) electrons. The van der Waals surface area contributed by atoms with Gasteiger partial charge in [-0.15, -0.1) is 11.3 Å². The molecule has 1 saturated heterocycles. The fourth-order valence-corrected chi connectivity index (χ4v) is 3.90. The summed E-state index contributed by atoms with van der Waals surface area (Å²) in [6.45, 7) is 0. The second kappa shape index (κ2) is 4.66. The summed E-state index contributed by atoms with van der Waals surface area (Å²) in [6.07, 6.45) is 3.56. The second-order valence-corrected chi connectivity index (χ2v) is 6.23. The van der Waals surface area contributed by atoms with Crippen LogP contribution >= 0.6 is 11.3 Å². The third kappa shape index (κ3) is 2.02. The number of rotatable bonds is 3. The van der Waals surface area contributed by atoms with E-state index in [0.29, 0.717) is 10.8 Å². The molecule has 1 aliphatic heterocycles. The number of thiazole rings is 1. The molecular formula is C13H14N2O4S. The van der Waals surface area contributed by atoms with Crippen LogP contribution in [-0.4, -0.2) is 27.9 Å². The molecule has 20 heavy (non-hydrogen) atoms. The summed E-state index contributed by atoms with van der Waals surface area (Å²) in [5.74, 6) is -1.35. The van der Waals surface area contributed by atoms with Gasteiger partial charge in [-0.1, -0.05) is 12.8 Å². The molecule has 2 amide bonds. The number of carbonyl (C=O) groups is 3. The standard InChI is InChI=1S/C13H14N2O4S/c16-9-6-13(3-1-2-4-13)11(19)15(9)12-14-8(7-20-12)5-10(17)18/h7H,1-6H2,(H,17,18). The minimum Gasteiger partial charge on any atom is -0.481 e. The number of amides is 2. The average molecular weight is 294 g/mol. The molecule has 1 aromatic rings. The van der Waals surface area contributed by atoms with Crippen LogP contribution in [0.15, 0.2) is 5.38 Å². The molecule has 0 unspecified atom stereocenters. The number of carboxylic acids is 1. The number of aromatic nitrogens is 1. The maximum Gasteiger partial charge on any atom is 0.309 e. The van der Waals surface area contributed by atoms with E-state index in [1.165, 1.54) is 0 Å². The number of imide groups is 1. The van der Waals surface area contributed by atoms with E-state index in [4.69, 9.17) is 5.11 Å². The van der Waals surface area contributed by atoms with Gasteiger partial charge in [-0.2, -0.15) is 0 Å². The molecule has 0 bridgehead atoms. The van der Waals surface area contributed by atoms with Gasteiger partial charge in [0.25, 0.3) is 0 Å². The summed E-state index contributed by atoms with van der Waals surface area (Å²) >= 11 is 1.15. The number of anilines is 1. The molecule has 7 heteroatoms. The van der Waals surface area contributed by atoms with E-state index in [2.05, 4.69) is 4.98 Å². The van der Waals surface area contributed by atoms with E-state index in [1.54, 1.807) is 5.38 Å². The van der Waals surface area contributed by atoms with Crippen molar-refractivity contribution in [1.82, 2.24) is 4.98 Å². The van der Waals surface area contributed by atoms with E-state index in [0.717, 1.165) is 41.9 Å². The Kier molecular flexibility index (Phi) is 3.08. The van der Waals surface area contributed by atoms with Crippen LogP contribution in [0.3, 0.4) is 0 Å². The van der Waals surface area contributed by atoms with Gasteiger partial charge in [0, 0.05) is 11.8 Å². The predicted molar refractivity (Wildman–Crippen MR) is 71.5 cm³/mol. The average Bonchev–Trinajstić information content (AvgIpc) is 3.03. The topological polar surface area (TPSA) is 87.6 Å². The summed E-state index contributed by atoms with van der Waals surface area (Å²) in [6, 6.07) is 0. The molecule has 1 N–H and O–H groups in total. The van der Waals surface area contributed by atoms with Crippen molar-refractivity contribution < 1.29 is 19.5 Å². The van der Waals surface area contributed by atoms with Gasteiger partial charge in [-0.25, -0.2) is 9.88 Å². The highest BCUT2D eigenvalue weighted by atomic mass is 32.1. The first-order valence-corrected chi connectivity index (χ1v) is 7.43. The first-order valence-electron chi connectivity index (χ1n) is 6.55. The number of aliphatic carboxylic acids is 1. The van der Waals surface area contributed by atoms with Crippen molar-refractivity contribution in [1.29, 1.82) is 0 Å². The van der Waals surface area contributed by atoms with Crippen molar-refractivity contribution in [2.45, 2.75) is 38.5 Å². The molecule has 1 spiro atoms. The van der Waals surface area contributed by atoms with Crippen LogP contribution < -0.4 is 4.90 Å². The van der Waals surface area contributed by atoms with E-state index in [9.17, 15) is 14.4 Å². The van der Waals surface area contributed by atoms with Crippen molar-refractivity contribution in [3.05, 3.63) is 11.1 Å². The Balaban J connectivity index is 1.86. The molecule has 6 nitrogen and oxygen atoms in total. The van der Waals surface area contributed by atoms with E-state index < -0.39 is 11.4 Å². The molecule has 2 aliphatic rings. The molecule has 2 heterocycles. The first kappa shape index (κ1) is 13.2. The molecule has 1 aromatic heterocycles. The Morgan fingerprint density at radius 3 is 2.75 bits per heavy atom. The van der Waals surface area contributed by atoms with Crippen LogP contribution in [0, 0.1) is 5.41 Å². The molecule has 106 valence electrons. The Morgan fingerprint density at radius 2 is 2.10 bits per heavy atom. The summed E-state index contributed by atoms with van der Waals surface area (Å²) < 4.78 is 0.